The molecule has 1 aromatic rings. The lowest BCUT2D eigenvalue weighted by atomic mass is 9.89. The second kappa shape index (κ2) is 17.7. The second-order valence-electron chi connectivity index (χ2n) is 11.1. The maximum Gasteiger partial charge on any atom is 0.407 e. The van der Waals surface area contributed by atoms with Gasteiger partial charge in [-0.25, -0.2) is 14.6 Å². The van der Waals surface area contributed by atoms with Crippen LogP contribution in [0.1, 0.15) is 83.2 Å². The van der Waals surface area contributed by atoms with Crippen LogP contribution in [0.5, 0.6) is 0 Å². The number of aromatic nitrogens is 1. The number of methoxy groups -OCH3 is 2. The molecule has 3 unspecified atom stereocenters. The van der Waals surface area contributed by atoms with E-state index in [1.165, 1.54) is 13.2 Å². The summed E-state index contributed by atoms with van der Waals surface area (Å²) in [4.78, 5) is 40.8. The maximum absolute atomic E-state index is 12.8. The standard InChI is InChI=1S/C31H46N2O9/c1-5-9-23-16-24(37-3)14-21(2)15-25-17-26(18-27(40-25)19-30(35)41-23)42-29(34)12-7-6-10-22-20-39-28(33-22)11-8-13-32-31(36)38-4/h7-8,11-12,20-21,23-27H,5-6,9-10,13-19H2,1-4H3,(H,32,36)/b11-8-,12-7-/t21?,23?,24?,25-,26-,27-/m1/s1. The second-order valence-corrected chi connectivity index (χ2v) is 11.1. The van der Waals surface area contributed by atoms with Crippen molar-refractivity contribution in [3.8, 4) is 0 Å². The van der Waals surface area contributed by atoms with Gasteiger partial charge in [-0.05, 0) is 44.1 Å². The number of ether oxygens (including phenoxy) is 5. The molecule has 0 saturated carbocycles. The number of aryl methyl sites for hydroxylation is 1. The number of rotatable bonds is 11. The van der Waals surface area contributed by atoms with E-state index in [9.17, 15) is 14.4 Å². The quantitative estimate of drug-likeness (QED) is 0.215. The molecule has 234 valence electrons. The Morgan fingerprint density at radius 1 is 1.10 bits per heavy atom. The van der Waals surface area contributed by atoms with Crippen LogP contribution in [0, 0.1) is 5.92 Å². The highest BCUT2D eigenvalue weighted by Gasteiger charge is 2.35. The average molecular weight is 591 g/mol. The number of esters is 2. The Balaban J connectivity index is 1.49. The molecule has 0 aromatic carbocycles. The van der Waals surface area contributed by atoms with Gasteiger partial charge in [-0.3, -0.25) is 4.79 Å². The summed E-state index contributed by atoms with van der Waals surface area (Å²) in [6, 6.07) is 0. The Hall–Kier alpha value is -3.18. The molecule has 6 atom stereocenters. The zero-order valence-corrected chi connectivity index (χ0v) is 25.3. The van der Waals surface area contributed by atoms with Gasteiger partial charge in [0.05, 0.1) is 37.5 Å². The third-order valence-corrected chi connectivity index (χ3v) is 7.41. The summed E-state index contributed by atoms with van der Waals surface area (Å²) in [6.45, 7) is 4.56. The van der Waals surface area contributed by atoms with Gasteiger partial charge < -0.3 is 33.4 Å². The lowest BCUT2D eigenvalue weighted by Crippen LogP contribution is -2.41. The molecule has 11 heteroatoms. The highest BCUT2D eigenvalue weighted by molar-refractivity contribution is 5.82. The Morgan fingerprint density at radius 2 is 1.90 bits per heavy atom. The molecule has 2 fully saturated rings. The van der Waals surface area contributed by atoms with Crippen molar-refractivity contribution in [2.45, 2.75) is 109 Å². The Labute approximate surface area is 248 Å². The highest BCUT2D eigenvalue weighted by atomic mass is 16.6. The lowest BCUT2D eigenvalue weighted by Gasteiger charge is -2.37. The molecule has 2 aliphatic heterocycles. The minimum atomic E-state index is -0.513. The number of oxazole rings is 1. The van der Waals surface area contributed by atoms with Crippen LogP contribution in [0.25, 0.3) is 6.08 Å². The van der Waals surface area contributed by atoms with Crippen molar-refractivity contribution in [2.24, 2.45) is 5.92 Å². The van der Waals surface area contributed by atoms with Crippen LogP contribution in [0.15, 0.2) is 28.9 Å². The number of alkyl carbamates (subject to hydrolysis) is 1. The maximum atomic E-state index is 12.8. The first-order valence-electron chi connectivity index (χ1n) is 15.0. The van der Waals surface area contributed by atoms with Crippen molar-refractivity contribution in [3.05, 3.63) is 36.1 Å². The lowest BCUT2D eigenvalue weighted by molar-refractivity contribution is -0.168. The highest BCUT2D eigenvalue weighted by Crippen LogP contribution is 2.31. The zero-order valence-electron chi connectivity index (χ0n) is 25.3. The van der Waals surface area contributed by atoms with E-state index in [4.69, 9.17) is 23.4 Å². The molecule has 1 N–H and O–H groups in total. The van der Waals surface area contributed by atoms with Crippen LogP contribution in [0.4, 0.5) is 4.79 Å². The summed E-state index contributed by atoms with van der Waals surface area (Å²) in [5.41, 5.74) is 0.745. The molecular formula is C31H46N2O9. The molecule has 1 amide bonds. The summed E-state index contributed by atoms with van der Waals surface area (Å²) in [5.74, 6) is 0.0697. The minimum Gasteiger partial charge on any atom is -0.462 e. The SMILES string of the molecule is CCCC1CC(OC)CC(C)C[C@@H]2C[C@@H](OC(=O)/C=C\CCc3coc(/C=C\CNC(=O)OC)n3)C[C@H](CC(=O)O1)O2. The van der Waals surface area contributed by atoms with Gasteiger partial charge in [-0.15, -0.1) is 0 Å². The van der Waals surface area contributed by atoms with Crippen LogP contribution in [0.2, 0.25) is 0 Å². The van der Waals surface area contributed by atoms with E-state index in [1.807, 2.05) is 0 Å². The number of hydrogen-bond acceptors (Lipinski definition) is 10. The van der Waals surface area contributed by atoms with Gasteiger partial charge in [-0.2, -0.15) is 0 Å². The molecule has 11 nitrogen and oxygen atoms in total. The summed E-state index contributed by atoms with van der Waals surface area (Å²) >= 11 is 0. The molecule has 42 heavy (non-hydrogen) atoms. The van der Waals surface area contributed by atoms with Gasteiger partial charge in [0.15, 0.2) is 0 Å². The summed E-state index contributed by atoms with van der Waals surface area (Å²) < 4.78 is 33.5. The molecule has 3 rings (SSSR count). The van der Waals surface area contributed by atoms with Crippen molar-refractivity contribution < 1.29 is 42.5 Å². The van der Waals surface area contributed by atoms with Gasteiger partial charge in [0.2, 0.25) is 5.89 Å². The molecule has 0 radical (unpaired) electrons. The minimum absolute atomic E-state index is 0.0116. The molecule has 0 spiro atoms. The monoisotopic (exact) mass is 590 g/mol. The first-order valence-corrected chi connectivity index (χ1v) is 15.0. The fraction of sp³-hybridized carbons (Fsp3) is 0.677. The zero-order chi connectivity index (χ0) is 30.3. The van der Waals surface area contributed by atoms with Crippen LogP contribution in [-0.2, 0) is 39.7 Å². The van der Waals surface area contributed by atoms with Crippen molar-refractivity contribution >= 4 is 24.1 Å². The predicted octanol–water partition coefficient (Wildman–Crippen LogP) is 4.93. The molecule has 2 saturated heterocycles. The third kappa shape index (κ3) is 12.0. The predicted molar refractivity (Wildman–Crippen MR) is 154 cm³/mol. The largest absolute Gasteiger partial charge is 0.462 e. The Bertz CT molecular complexity index is 1050. The van der Waals surface area contributed by atoms with E-state index >= 15 is 0 Å². The van der Waals surface area contributed by atoms with E-state index in [-0.39, 0.29) is 42.9 Å². The number of carbonyl (C=O) groups excluding carboxylic acids is 3. The molecule has 2 bridgehead atoms. The normalized spacial score (nSPS) is 27.2. The van der Waals surface area contributed by atoms with Gasteiger partial charge in [0.25, 0.3) is 0 Å². The van der Waals surface area contributed by atoms with Gasteiger partial charge in [0, 0.05) is 39.0 Å². The number of nitrogens with zero attached hydrogens (tertiary/aromatic N) is 1. The van der Waals surface area contributed by atoms with Gasteiger partial charge in [0.1, 0.15) is 18.5 Å². The van der Waals surface area contributed by atoms with Crippen molar-refractivity contribution in [1.82, 2.24) is 10.3 Å². The van der Waals surface area contributed by atoms with Gasteiger partial charge >= 0.3 is 18.0 Å². The fourth-order valence-corrected chi connectivity index (χ4v) is 5.49. The average Bonchev–Trinajstić information content (AvgIpc) is 3.39. The molecule has 2 aliphatic rings. The van der Waals surface area contributed by atoms with Crippen LogP contribution < -0.4 is 5.32 Å². The number of cyclic esters (lactones) is 1. The number of nitrogens with one attached hydrogen (secondary N) is 1. The smallest absolute Gasteiger partial charge is 0.407 e. The summed E-state index contributed by atoms with van der Waals surface area (Å²) in [6.07, 6.45) is 13.1. The molecular weight excluding hydrogens is 544 g/mol. The Morgan fingerprint density at radius 3 is 2.67 bits per heavy atom. The summed E-state index contributed by atoms with van der Waals surface area (Å²) in [7, 11) is 3.01. The fourth-order valence-electron chi connectivity index (χ4n) is 5.49. The van der Waals surface area contributed by atoms with Gasteiger partial charge in [-0.1, -0.05) is 32.4 Å². The van der Waals surface area contributed by atoms with E-state index in [0.29, 0.717) is 50.5 Å². The molecule has 0 aliphatic carbocycles. The number of allylic oxidation sites excluding steroid dienone is 1. The summed E-state index contributed by atoms with van der Waals surface area (Å²) in [5, 5.41) is 2.53. The number of carbonyl (C=O) groups is 3. The number of hydrogen-bond donors (Lipinski definition) is 1. The van der Waals surface area contributed by atoms with Crippen LogP contribution in [0.3, 0.4) is 0 Å². The number of fused-ring (bicyclic) bond motifs is 2. The van der Waals surface area contributed by atoms with Crippen molar-refractivity contribution in [2.75, 3.05) is 20.8 Å². The van der Waals surface area contributed by atoms with Crippen LogP contribution in [-0.4, -0.2) is 74.3 Å². The third-order valence-electron chi connectivity index (χ3n) is 7.41. The first-order chi connectivity index (χ1) is 20.3. The van der Waals surface area contributed by atoms with E-state index in [2.05, 4.69) is 28.9 Å². The number of amides is 1. The van der Waals surface area contributed by atoms with Crippen molar-refractivity contribution in [3.63, 3.8) is 0 Å². The van der Waals surface area contributed by atoms with E-state index in [1.54, 1.807) is 31.6 Å². The topological polar surface area (TPSA) is 135 Å². The van der Waals surface area contributed by atoms with Crippen LogP contribution >= 0.6 is 0 Å². The van der Waals surface area contributed by atoms with E-state index < -0.39 is 12.1 Å². The van der Waals surface area contributed by atoms with Crippen molar-refractivity contribution in [1.29, 1.82) is 0 Å². The molecule has 1 aromatic heterocycles. The Kier molecular flexibility index (Phi) is 14.0. The van der Waals surface area contributed by atoms with E-state index in [0.717, 1.165) is 31.4 Å². The molecule has 3 heterocycles. The first kappa shape index (κ1) is 33.3.